The molecule has 1 fully saturated rings. The molecule has 2 atom stereocenters. The maximum atomic E-state index is 13.9. The molecular formula is C31H34F3N5O5. The minimum absolute atomic E-state index is 0.0242. The molecule has 10 nitrogen and oxygen atoms in total. The van der Waals surface area contributed by atoms with Gasteiger partial charge in [-0.25, -0.2) is 10.0 Å². The van der Waals surface area contributed by atoms with E-state index in [1.54, 1.807) is 30.3 Å². The van der Waals surface area contributed by atoms with Gasteiger partial charge in [-0.1, -0.05) is 19.1 Å². The van der Waals surface area contributed by atoms with Crippen LogP contribution in [-0.2, 0) is 17.6 Å². The molecule has 5 rings (SSSR count). The lowest BCUT2D eigenvalue weighted by Gasteiger charge is -2.34. The number of hydrogen-bond donors (Lipinski definition) is 1. The number of anilines is 2. The van der Waals surface area contributed by atoms with E-state index in [1.165, 1.54) is 20.3 Å². The fourth-order valence-electron chi connectivity index (χ4n) is 5.89. The van der Waals surface area contributed by atoms with Crippen molar-refractivity contribution in [1.29, 1.82) is 0 Å². The number of hydroxylamine groups is 2. The lowest BCUT2D eigenvalue weighted by molar-refractivity contribution is -0.139. The van der Waals surface area contributed by atoms with E-state index in [1.807, 2.05) is 6.92 Å². The SMILES string of the molecule is CCC(C(=O)c1ccc(Nc2ncc(C(F)(F)F)c(Oc3cccc4c3C(=O)N(OC)C4)n2)c(OC)c1)C1CCCN(C)C1. The van der Waals surface area contributed by atoms with Crippen molar-refractivity contribution in [3.05, 3.63) is 64.8 Å². The molecule has 44 heavy (non-hydrogen) atoms. The van der Waals surface area contributed by atoms with Gasteiger partial charge in [-0.05, 0) is 68.6 Å². The molecule has 1 saturated heterocycles. The number of hydrogen-bond acceptors (Lipinski definition) is 9. The molecule has 2 aliphatic rings. The fourth-order valence-corrected chi connectivity index (χ4v) is 5.89. The van der Waals surface area contributed by atoms with Crippen molar-refractivity contribution >= 4 is 23.3 Å². The molecule has 13 heteroatoms. The number of nitrogens with zero attached hydrogens (tertiary/aromatic N) is 4. The van der Waals surface area contributed by atoms with Gasteiger partial charge in [0.15, 0.2) is 5.78 Å². The summed E-state index contributed by atoms with van der Waals surface area (Å²) in [7, 11) is 4.82. The summed E-state index contributed by atoms with van der Waals surface area (Å²) in [5.74, 6) is -1.20. The zero-order valence-electron chi connectivity index (χ0n) is 24.9. The van der Waals surface area contributed by atoms with Crippen LogP contribution in [0.15, 0.2) is 42.6 Å². The van der Waals surface area contributed by atoms with Gasteiger partial charge in [-0.15, -0.1) is 0 Å². The van der Waals surface area contributed by atoms with Gasteiger partial charge in [0.25, 0.3) is 5.91 Å². The lowest BCUT2D eigenvalue weighted by Crippen LogP contribution is -2.38. The average molecular weight is 614 g/mol. The number of fused-ring (bicyclic) bond motifs is 1. The van der Waals surface area contributed by atoms with Crippen LogP contribution in [0.2, 0.25) is 0 Å². The number of piperidine rings is 1. The molecular weight excluding hydrogens is 579 g/mol. The van der Waals surface area contributed by atoms with Crippen LogP contribution in [0.3, 0.4) is 0 Å². The molecule has 2 aromatic carbocycles. The Bertz CT molecular complexity index is 1550. The molecule has 234 valence electrons. The number of ether oxygens (including phenoxy) is 2. The molecule has 1 amide bonds. The third-order valence-corrected chi connectivity index (χ3v) is 8.09. The number of carbonyl (C=O) groups is 2. The minimum Gasteiger partial charge on any atom is -0.495 e. The Balaban J connectivity index is 1.42. The van der Waals surface area contributed by atoms with Gasteiger partial charge in [-0.2, -0.15) is 18.2 Å². The highest BCUT2D eigenvalue weighted by Gasteiger charge is 2.38. The minimum atomic E-state index is -4.84. The summed E-state index contributed by atoms with van der Waals surface area (Å²) in [6.45, 7) is 4.02. The Morgan fingerprint density at radius 2 is 1.98 bits per heavy atom. The van der Waals surface area contributed by atoms with Crippen LogP contribution < -0.4 is 14.8 Å². The number of benzene rings is 2. The second-order valence-corrected chi connectivity index (χ2v) is 10.9. The van der Waals surface area contributed by atoms with E-state index in [9.17, 15) is 22.8 Å². The molecule has 1 aromatic heterocycles. The van der Waals surface area contributed by atoms with Crippen molar-refractivity contribution in [2.45, 2.75) is 38.9 Å². The Morgan fingerprint density at radius 1 is 1.18 bits per heavy atom. The van der Waals surface area contributed by atoms with Crippen molar-refractivity contribution in [1.82, 2.24) is 19.9 Å². The van der Waals surface area contributed by atoms with Gasteiger partial charge < -0.3 is 19.7 Å². The number of rotatable bonds is 10. The fraction of sp³-hybridized carbons (Fsp3) is 0.419. The van der Waals surface area contributed by atoms with Gasteiger partial charge >= 0.3 is 6.18 Å². The normalized spacial score (nSPS) is 17.8. The summed E-state index contributed by atoms with van der Waals surface area (Å²) in [6.07, 6.45) is -1.48. The van der Waals surface area contributed by atoms with Crippen molar-refractivity contribution in [3.63, 3.8) is 0 Å². The monoisotopic (exact) mass is 613 g/mol. The van der Waals surface area contributed by atoms with Crippen LogP contribution >= 0.6 is 0 Å². The highest BCUT2D eigenvalue weighted by Crippen LogP contribution is 2.40. The summed E-state index contributed by atoms with van der Waals surface area (Å²) in [5.41, 5.74) is 0.226. The first-order valence-corrected chi connectivity index (χ1v) is 14.3. The lowest BCUT2D eigenvalue weighted by atomic mass is 9.79. The topological polar surface area (TPSA) is 106 Å². The van der Waals surface area contributed by atoms with Crippen LogP contribution in [0, 0.1) is 11.8 Å². The maximum Gasteiger partial charge on any atom is 0.423 e. The van der Waals surface area contributed by atoms with Crippen molar-refractivity contribution < 1.29 is 37.1 Å². The Morgan fingerprint density at radius 3 is 2.66 bits per heavy atom. The molecule has 3 heterocycles. The Kier molecular flexibility index (Phi) is 9.07. The standard InChI is InChI=1S/C31H34F3N5O5/c1-5-21(19-9-7-13-38(2)16-19)27(40)18-11-12-23(25(14-18)42-3)36-30-35-15-22(31(32,33)34)28(37-30)44-24-10-6-8-20-17-39(43-4)29(41)26(20)24/h6,8,10-12,14-15,19,21H,5,7,9,13,16-17H2,1-4H3,(H,35,36,37). The van der Waals surface area contributed by atoms with Crippen LogP contribution in [0.25, 0.3) is 0 Å². The number of Topliss-reactive ketones (excluding diaryl/α,β-unsaturated/α-hetero) is 1. The van der Waals surface area contributed by atoms with Crippen molar-refractivity contribution in [2.75, 3.05) is 39.7 Å². The molecule has 0 spiro atoms. The van der Waals surface area contributed by atoms with E-state index < -0.39 is 23.5 Å². The molecule has 0 bridgehead atoms. The highest BCUT2D eigenvalue weighted by molar-refractivity contribution is 6.00. The molecule has 2 aliphatic heterocycles. The third kappa shape index (κ3) is 6.34. The predicted octanol–water partition coefficient (Wildman–Crippen LogP) is 6.11. The number of halogens is 3. The molecule has 0 saturated carbocycles. The summed E-state index contributed by atoms with van der Waals surface area (Å²) in [4.78, 5) is 41.5. The molecule has 0 aliphatic carbocycles. The number of methoxy groups -OCH3 is 1. The second kappa shape index (κ2) is 12.8. The first-order valence-electron chi connectivity index (χ1n) is 14.3. The Hall–Kier alpha value is -4.23. The first kappa shape index (κ1) is 31.2. The number of nitrogens with one attached hydrogen (secondary N) is 1. The second-order valence-electron chi connectivity index (χ2n) is 10.9. The van der Waals surface area contributed by atoms with E-state index in [-0.39, 0.29) is 41.4 Å². The number of carbonyl (C=O) groups excluding carboxylic acids is 2. The largest absolute Gasteiger partial charge is 0.495 e. The summed E-state index contributed by atoms with van der Waals surface area (Å²) in [6, 6.07) is 9.49. The predicted molar refractivity (Wildman–Crippen MR) is 155 cm³/mol. The molecule has 3 aromatic rings. The van der Waals surface area contributed by atoms with Crippen LogP contribution in [0.5, 0.6) is 17.4 Å². The zero-order valence-corrected chi connectivity index (χ0v) is 24.9. The summed E-state index contributed by atoms with van der Waals surface area (Å²) in [5, 5.41) is 3.95. The summed E-state index contributed by atoms with van der Waals surface area (Å²) < 4.78 is 53.0. The zero-order chi connectivity index (χ0) is 31.6. The quantitative estimate of drug-likeness (QED) is 0.271. The maximum absolute atomic E-state index is 13.9. The van der Waals surface area contributed by atoms with Gasteiger partial charge in [0.2, 0.25) is 11.8 Å². The van der Waals surface area contributed by atoms with Gasteiger partial charge in [-0.3, -0.25) is 14.4 Å². The van der Waals surface area contributed by atoms with E-state index in [2.05, 4.69) is 27.2 Å². The number of ketones is 1. The average Bonchev–Trinajstić information content (AvgIpc) is 3.33. The van der Waals surface area contributed by atoms with E-state index >= 15 is 0 Å². The highest BCUT2D eigenvalue weighted by atomic mass is 19.4. The molecule has 1 N–H and O–H groups in total. The van der Waals surface area contributed by atoms with Gasteiger partial charge in [0.1, 0.15) is 17.1 Å². The number of amides is 1. The van der Waals surface area contributed by atoms with E-state index in [4.69, 9.17) is 14.3 Å². The van der Waals surface area contributed by atoms with E-state index in [0.29, 0.717) is 35.2 Å². The number of alkyl halides is 3. The van der Waals surface area contributed by atoms with Gasteiger partial charge in [0, 0.05) is 24.2 Å². The first-order chi connectivity index (χ1) is 21.0. The van der Waals surface area contributed by atoms with Crippen LogP contribution in [0.1, 0.15) is 58.0 Å². The smallest absolute Gasteiger partial charge is 0.423 e. The Labute approximate surface area is 253 Å². The number of aromatic nitrogens is 2. The van der Waals surface area contributed by atoms with Crippen molar-refractivity contribution in [3.8, 4) is 17.4 Å². The molecule has 2 unspecified atom stereocenters. The summed E-state index contributed by atoms with van der Waals surface area (Å²) >= 11 is 0. The van der Waals surface area contributed by atoms with Gasteiger partial charge in [0.05, 0.1) is 32.0 Å². The molecule has 0 radical (unpaired) electrons. The van der Waals surface area contributed by atoms with Crippen LogP contribution in [-0.4, -0.2) is 66.0 Å². The van der Waals surface area contributed by atoms with Crippen molar-refractivity contribution in [2.24, 2.45) is 11.8 Å². The van der Waals surface area contributed by atoms with Crippen LogP contribution in [0.4, 0.5) is 24.8 Å². The number of likely N-dealkylation sites (tertiary alicyclic amines) is 1. The third-order valence-electron chi connectivity index (χ3n) is 8.09. The van der Waals surface area contributed by atoms with E-state index in [0.717, 1.165) is 31.0 Å².